The molecule has 0 radical (unpaired) electrons. The van der Waals surface area contributed by atoms with Gasteiger partial charge in [0, 0.05) is 7.05 Å². The van der Waals surface area contributed by atoms with Gasteiger partial charge < -0.3 is 5.32 Å². The number of benzene rings is 2. The van der Waals surface area contributed by atoms with Gasteiger partial charge in [0.25, 0.3) is 0 Å². The average molecular weight is 289 g/mol. The molecule has 2 nitrogen and oxygen atoms in total. The summed E-state index contributed by atoms with van der Waals surface area (Å²) in [5.74, 6) is 0.0546. The second-order valence-corrected chi connectivity index (χ2v) is 6.34. The number of rotatable bonds is 1. The maximum Gasteiger partial charge on any atom is 0.234 e. The molecule has 1 amide bonds. The molecule has 1 unspecified atom stereocenters. The summed E-state index contributed by atoms with van der Waals surface area (Å²) in [5.41, 5.74) is 7.06. The minimum atomic E-state index is -0.583. The van der Waals surface area contributed by atoms with Crippen LogP contribution in [0.3, 0.4) is 0 Å². The number of fused-ring (bicyclic) bond motifs is 2. The second-order valence-electron chi connectivity index (χ2n) is 6.34. The molecule has 2 aromatic rings. The zero-order chi connectivity index (χ0) is 15.3. The number of hydrogen-bond donors (Lipinski definition) is 1. The van der Waals surface area contributed by atoms with E-state index in [1.807, 2.05) is 6.92 Å². The van der Waals surface area contributed by atoms with Gasteiger partial charge in [-0.1, -0.05) is 48.5 Å². The summed E-state index contributed by atoms with van der Waals surface area (Å²) in [6.45, 7) is 2.02. The highest BCUT2D eigenvalue weighted by atomic mass is 16.2. The number of amides is 1. The van der Waals surface area contributed by atoms with Crippen molar-refractivity contribution in [2.75, 3.05) is 7.05 Å². The molecule has 4 rings (SSSR count). The lowest BCUT2D eigenvalue weighted by Gasteiger charge is -2.22. The third-order valence-electron chi connectivity index (χ3n) is 5.08. The van der Waals surface area contributed by atoms with E-state index in [0.717, 1.165) is 18.4 Å². The highest BCUT2D eigenvalue weighted by molar-refractivity contribution is 6.01. The van der Waals surface area contributed by atoms with E-state index in [1.165, 1.54) is 27.8 Å². The molecule has 0 saturated carbocycles. The topological polar surface area (TPSA) is 29.1 Å². The summed E-state index contributed by atoms with van der Waals surface area (Å²) in [7, 11) is 1.71. The molecule has 0 aromatic heterocycles. The molecule has 0 heterocycles. The standard InChI is InChI=1S/C20H19NO/c1-20(19(22)21-2)12-16-15-8-4-3-6-13(15)10-11-14-7-5-9-17(20)18(14)16/h3-9,12H,10-11H2,1-2H3,(H,21,22). The normalized spacial score (nSPS) is 21.5. The molecule has 2 heteroatoms. The molecule has 2 aliphatic rings. The molecule has 1 atom stereocenters. The molecule has 2 aliphatic carbocycles. The second kappa shape index (κ2) is 4.57. The number of likely N-dealkylation sites (N-methyl/N-ethyl adjacent to an activating group) is 1. The first-order valence-electron chi connectivity index (χ1n) is 7.81. The molecule has 0 fully saturated rings. The van der Waals surface area contributed by atoms with Crippen LogP contribution in [0, 0.1) is 0 Å². The number of aryl methyl sites for hydroxylation is 2. The monoisotopic (exact) mass is 289 g/mol. The van der Waals surface area contributed by atoms with Gasteiger partial charge in [-0.15, -0.1) is 0 Å². The van der Waals surface area contributed by atoms with Crippen LogP contribution in [0.15, 0.2) is 48.5 Å². The summed E-state index contributed by atoms with van der Waals surface area (Å²) in [6.07, 6.45) is 4.24. The van der Waals surface area contributed by atoms with Crippen LogP contribution in [0.1, 0.15) is 34.7 Å². The highest BCUT2D eigenvalue weighted by Gasteiger charge is 2.41. The predicted octanol–water partition coefficient (Wildman–Crippen LogP) is 3.23. The van der Waals surface area contributed by atoms with Crippen LogP contribution in [0.2, 0.25) is 0 Å². The fourth-order valence-corrected chi connectivity index (χ4v) is 3.93. The molecule has 110 valence electrons. The maximum absolute atomic E-state index is 12.5. The van der Waals surface area contributed by atoms with E-state index in [4.69, 9.17) is 0 Å². The molecule has 0 spiro atoms. The van der Waals surface area contributed by atoms with Gasteiger partial charge in [0.1, 0.15) is 0 Å². The predicted molar refractivity (Wildman–Crippen MR) is 88.8 cm³/mol. The van der Waals surface area contributed by atoms with Crippen LogP contribution >= 0.6 is 0 Å². The lowest BCUT2D eigenvalue weighted by atomic mass is 9.82. The van der Waals surface area contributed by atoms with E-state index in [1.54, 1.807) is 7.05 Å². The summed E-state index contributed by atoms with van der Waals surface area (Å²) in [6, 6.07) is 15.0. The van der Waals surface area contributed by atoms with Crippen LogP contribution in [-0.4, -0.2) is 13.0 Å². The van der Waals surface area contributed by atoms with Gasteiger partial charge in [0.05, 0.1) is 5.41 Å². The number of nitrogens with one attached hydrogen (secondary N) is 1. The summed E-state index contributed by atoms with van der Waals surface area (Å²) >= 11 is 0. The molecule has 0 bridgehead atoms. The third kappa shape index (κ3) is 1.64. The van der Waals surface area contributed by atoms with Gasteiger partial charge in [-0.3, -0.25) is 4.79 Å². The molecule has 0 aliphatic heterocycles. The number of carbonyl (C=O) groups excluding carboxylic acids is 1. The van der Waals surface area contributed by atoms with Crippen LogP contribution in [-0.2, 0) is 23.1 Å². The van der Waals surface area contributed by atoms with E-state index in [9.17, 15) is 4.79 Å². The van der Waals surface area contributed by atoms with Crippen LogP contribution in [0.4, 0.5) is 0 Å². The summed E-state index contributed by atoms with van der Waals surface area (Å²) in [4.78, 5) is 12.5. The molecule has 2 aromatic carbocycles. The van der Waals surface area contributed by atoms with E-state index >= 15 is 0 Å². The molecule has 22 heavy (non-hydrogen) atoms. The van der Waals surface area contributed by atoms with Gasteiger partial charge in [-0.25, -0.2) is 0 Å². The van der Waals surface area contributed by atoms with Gasteiger partial charge in [0.15, 0.2) is 0 Å². The van der Waals surface area contributed by atoms with Gasteiger partial charge in [-0.2, -0.15) is 0 Å². The Hall–Kier alpha value is -2.35. The highest BCUT2D eigenvalue weighted by Crippen LogP contribution is 2.47. The SMILES string of the molecule is CNC(=O)C1(C)C=C2c3ccccc3CCc3cccc1c32. The van der Waals surface area contributed by atoms with Crippen molar-refractivity contribution < 1.29 is 4.79 Å². The average Bonchev–Trinajstić information content (AvgIpc) is 2.78. The van der Waals surface area contributed by atoms with Crippen molar-refractivity contribution in [2.24, 2.45) is 0 Å². The van der Waals surface area contributed by atoms with Crippen LogP contribution < -0.4 is 5.32 Å². The van der Waals surface area contributed by atoms with Gasteiger partial charge in [-0.05, 0) is 53.2 Å². The van der Waals surface area contributed by atoms with E-state index in [-0.39, 0.29) is 5.91 Å². The Bertz CT molecular complexity index is 818. The first-order valence-corrected chi connectivity index (χ1v) is 7.81. The Balaban J connectivity index is 2.05. The van der Waals surface area contributed by atoms with Gasteiger partial charge >= 0.3 is 0 Å². The van der Waals surface area contributed by atoms with Crippen LogP contribution in [0.25, 0.3) is 5.57 Å². The largest absolute Gasteiger partial charge is 0.358 e. The van der Waals surface area contributed by atoms with E-state index in [2.05, 4.69) is 53.9 Å². The quantitative estimate of drug-likeness (QED) is 0.858. The van der Waals surface area contributed by atoms with E-state index in [0.29, 0.717) is 0 Å². The first-order chi connectivity index (χ1) is 10.6. The molecule has 0 saturated heterocycles. The lowest BCUT2D eigenvalue weighted by Crippen LogP contribution is -2.38. The van der Waals surface area contributed by atoms with Crippen molar-refractivity contribution in [1.29, 1.82) is 0 Å². The molecule has 1 N–H and O–H groups in total. The fraction of sp³-hybridized carbons (Fsp3) is 0.250. The summed E-state index contributed by atoms with van der Waals surface area (Å²) < 4.78 is 0. The molecular weight excluding hydrogens is 270 g/mol. The maximum atomic E-state index is 12.5. The van der Waals surface area contributed by atoms with Crippen molar-refractivity contribution >= 4 is 11.5 Å². The first kappa shape index (κ1) is 13.3. The Labute approximate surface area is 130 Å². The minimum Gasteiger partial charge on any atom is -0.358 e. The Morgan fingerprint density at radius 1 is 1.05 bits per heavy atom. The minimum absolute atomic E-state index is 0.0546. The van der Waals surface area contributed by atoms with Crippen molar-refractivity contribution in [1.82, 2.24) is 5.32 Å². The van der Waals surface area contributed by atoms with Crippen molar-refractivity contribution in [3.63, 3.8) is 0 Å². The zero-order valence-electron chi connectivity index (χ0n) is 12.9. The van der Waals surface area contributed by atoms with E-state index < -0.39 is 5.41 Å². The molecular formula is C20H19NO. The number of carbonyl (C=O) groups is 1. The van der Waals surface area contributed by atoms with Crippen molar-refractivity contribution in [2.45, 2.75) is 25.2 Å². The summed E-state index contributed by atoms with van der Waals surface area (Å²) in [5, 5.41) is 2.83. The Kier molecular flexibility index (Phi) is 2.77. The van der Waals surface area contributed by atoms with Crippen molar-refractivity contribution in [3.8, 4) is 0 Å². The Morgan fingerprint density at radius 2 is 1.77 bits per heavy atom. The number of hydrogen-bond acceptors (Lipinski definition) is 1. The third-order valence-corrected chi connectivity index (χ3v) is 5.08. The van der Waals surface area contributed by atoms with Gasteiger partial charge in [0.2, 0.25) is 5.91 Å². The zero-order valence-corrected chi connectivity index (χ0v) is 12.9. The smallest absolute Gasteiger partial charge is 0.234 e. The van der Waals surface area contributed by atoms with Crippen molar-refractivity contribution in [3.05, 3.63) is 76.4 Å². The Morgan fingerprint density at radius 3 is 2.59 bits per heavy atom. The van der Waals surface area contributed by atoms with Crippen LogP contribution in [0.5, 0.6) is 0 Å². The lowest BCUT2D eigenvalue weighted by molar-refractivity contribution is -0.124. The fourth-order valence-electron chi connectivity index (χ4n) is 3.93.